The minimum Gasteiger partial charge on any atom is -0.330 e. The van der Waals surface area contributed by atoms with E-state index in [-0.39, 0.29) is 0 Å². The Kier molecular flexibility index (Phi) is 5.02. The first-order valence-corrected chi connectivity index (χ1v) is 10.1. The van der Waals surface area contributed by atoms with Gasteiger partial charge in [-0.15, -0.1) is 0 Å². The molecule has 0 radical (unpaired) electrons. The van der Waals surface area contributed by atoms with Crippen LogP contribution in [0, 0.1) is 5.41 Å². The lowest BCUT2D eigenvalue weighted by Gasteiger charge is -2.37. The van der Waals surface area contributed by atoms with E-state index in [1.54, 1.807) is 0 Å². The van der Waals surface area contributed by atoms with E-state index in [9.17, 15) is 0 Å². The average molecular weight is 363 g/mol. The van der Waals surface area contributed by atoms with E-state index in [0.29, 0.717) is 17.5 Å². The maximum absolute atomic E-state index is 5.94. The van der Waals surface area contributed by atoms with Crippen LogP contribution in [0.2, 0.25) is 0 Å². The molecule has 0 bridgehead atoms. The third kappa shape index (κ3) is 3.78. The molecule has 0 aliphatic heterocycles. The van der Waals surface area contributed by atoms with Gasteiger partial charge in [-0.25, -0.2) is 4.98 Å². The first-order chi connectivity index (χ1) is 13.1. The zero-order valence-corrected chi connectivity index (χ0v) is 16.4. The monoisotopic (exact) mass is 362 g/mol. The molecule has 0 amide bonds. The molecule has 4 heteroatoms. The standard InChI is InChI=1S/C23H30N4/c1-17(26-19-11-13-23(2,15-24)14-12-19)18-7-9-20(10-8-18)27-16-25-21-5-3-4-6-22(21)27/h3-10,16-17,19,26H,11-15,24H2,1-2H3. The van der Waals surface area contributed by atoms with Crippen molar-refractivity contribution in [3.8, 4) is 5.69 Å². The molecule has 142 valence electrons. The fourth-order valence-corrected chi connectivity index (χ4v) is 4.22. The number of nitrogens with zero attached hydrogens (tertiary/aromatic N) is 2. The fraction of sp³-hybridized carbons (Fsp3) is 0.435. The summed E-state index contributed by atoms with van der Waals surface area (Å²) in [7, 11) is 0. The molecule has 1 saturated carbocycles. The van der Waals surface area contributed by atoms with Crippen molar-refractivity contribution in [3.63, 3.8) is 0 Å². The molecular weight excluding hydrogens is 332 g/mol. The van der Waals surface area contributed by atoms with E-state index >= 15 is 0 Å². The summed E-state index contributed by atoms with van der Waals surface area (Å²) in [6.07, 6.45) is 6.78. The van der Waals surface area contributed by atoms with Gasteiger partial charge < -0.3 is 11.1 Å². The van der Waals surface area contributed by atoms with Crippen LogP contribution in [0.3, 0.4) is 0 Å². The first kappa shape index (κ1) is 18.2. The number of nitrogens with one attached hydrogen (secondary N) is 1. The van der Waals surface area contributed by atoms with Crippen molar-refractivity contribution in [3.05, 3.63) is 60.4 Å². The Morgan fingerprint density at radius 1 is 1.15 bits per heavy atom. The predicted octanol–water partition coefficient (Wildman–Crippen LogP) is 4.58. The van der Waals surface area contributed by atoms with Crippen LogP contribution in [0.1, 0.15) is 51.1 Å². The number of nitrogens with two attached hydrogens (primary N) is 1. The molecule has 1 fully saturated rings. The lowest BCUT2D eigenvalue weighted by Crippen LogP contribution is -2.40. The van der Waals surface area contributed by atoms with Gasteiger partial charge >= 0.3 is 0 Å². The number of rotatable bonds is 5. The molecule has 3 aromatic rings. The van der Waals surface area contributed by atoms with Gasteiger partial charge in [0.15, 0.2) is 0 Å². The lowest BCUT2D eigenvalue weighted by atomic mass is 9.74. The summed E-state index contributed by atoms with van der Waals surface area (Å²) in [6.45, 7) is 5.39. The van der Waals surface area contributed by atoms with Crippen molar-refractivity contribution in [1.82, 2.24) is 14.9 Å². The van der Waals surface area contributed by atoms with Crippen LogP contribution in [-0.2, 0) is 0 Å². The lowest BCUT2D eigenvalue weighted by molar-refractivity contribution is 0.186. The first-order valence-electron chi connectivity index (χ1n) is 10.1. The van der Waals surface area contributed by atoms with Gasteiger partial charge in [0.25, 0.3) is 0 Å². The van der Waals surface area contributed by atoms with Crippen LogP contribution in [0.4, 0.5) is 0 Å². The Bertz CT molecular complexity index is 888. The zero-order valence-electron chi connectivity index (χ0n) is 16.4. The van der Waals surface area contributed by atoms with Crippen molar-refractivity contribution in [2.75, 3.05) is 6.54 Å². The Labute approximate surface area is 161 Å². The number of hydrogen-bond donors (Lipinski definition) is 2. The minimum absolute atomic E-state index is 0.344. The molecule has 1 aliphatic rings. The molecule has 4 rings (SSSR count). The molecule has 1 aromatic heterocycles. The summed E-state index contributed by atoms with van der Waals surface area (Å²) in [5.41, 5.74) is 10.9. The quantitative estimate of drug-likeness (QED) is 0.698. The summed E-state index contributed by atoms with van der Waals surface area (Å²) in [5, 5.41) is 3.82. The number of para-hydroxylation sites is 2. The van der Waals surface area contributed by atoms with Crippen LogP contribution in [0.25, 0.3) is 16.7 Å². The van der Waals surface area contributed by atoms with Gasteiger partial charge in [0.05, 0.1) is 11.0 Å². The predicted molar refractivity (Wildman–Crippen MR) is 112 cm³/mol. The summed E-state index contributed by atoms with van der Waals surface area (Å²) in [6, 6.07) is 18.0. The summed E-state index contributed by atoms with van der Waals surface area (Å²) in [5.74, 6) is 0. The molecular formula is C23H30N4. The molecule has 1 unspecified atom stereocenters. The Hall–Kier alpha value is -2.17. The van der Waals surface area contributed by atoms with Gasteiger partial charge in [-0.3, -0.25) is 4.57 Å². The van der Waals surface area contributed by atoms with Crippen LogP contribution >= 0.6 is 0 Å². The van der Waals surface area contributed by atoms with Crippen molar-refractivity contribution >= 4 is 11.0 Å². The van der Waals surface area contributed by atoms with E-state index in [1.165, 1.54) is 31.2 Å². The molecule has 0 spiro atoms. The van der Waals surface area contributed by atoms with E-state index in [0.717, 1.165) is 23.3 Å². The molecule has 4 nitrogen and oxygen atoms in total. The Morgan fingerprint density at radius 3 is 2.56 bits per heavy atom. The summed E-state index contributed by atoms with van der Waals surface area (Å²) < 4.78 is 2.14. The number of aromatic nitrogens is 2. The average Bonchev–Trinajstić information content (AvgIpc) is 3.14. The van der Waals surface area contributed by atoms with Crippen molar-refractivity contribution < 1.29 is 0 Å². The van der Waals surface area contributed by atoms with Crippen LogP contribution in [0.5, 0.6) is 0 Å². The highest BCUT2D eigenvalue weighted by Gasteiger charge is 2.30. The Balaban J connectivity index is 1.43. The van der Waals surface area contributed by atoms with Gasteiger partial charge in [0.1, 0.15) is 6.33 Å². The van der Waals surface area contributed by atoms with Crippen molar-refractivity contribution in [1.29, 1.82) is 0 Å². The van der Waals surface area contributed by atoms with E-state index < -0.39 is 0 Å². The maximum Gasteiger partial charge on any atom is 0.100 e. The molecule has 0 saturated heterocycles. The van der Waals surface area contributed by atoms with E-state index in [2.05, 4.69) is 65.1 Å². The second-order valence-corrected chi connectivity index (χ2v) is 8.37. The van der Waals surface area contributed by atoms with Crippen LogP contribution < -0.4 is 11.1 Å². The van der Waals surface area contributed by atoms with Crippen LogP contribution in [0.15, 0.2) is 54.9 Å². The smallest absolute Gasteiger partial charge is 0.100 e. The number of imidazole rings is 1. The second kappa shape index (κ2) is 7.45. The molecule has 1 heterocycles. The van der Waals surface area contributed by atoms with Crippen LogP contribution in [-0.4, -0.2) is 22.1 Å². The second-order valence-electron chi connectivity index (χ2n) is 8.37. The van der Waals surface area contributed by atoms with Gasteiger partial charge in [-0.1, -0.05) is 31.2 Å². The highest BCUT2D eigenvalue weighted by atomic mass is 15.0. The highest BCUT2D eigenvalue weighted by molar-refractivity contribution is 5.77. The normalized spacial score (nSPS) is 24.2. The van der Waals surface area contributed by atoms with Gasteiger partial charge in [-0.2, -0.15) is 0 Å². The van der Waals surface area contributed by atoms with Crippen molar-refractivity contribution in [2.24, 2.45) is 11.1 Å². The van der Waals surface area contributed by atoms with Crippen molar-refractivity contribution in [2.45, 2.75) is 51.6 Å². The topological polar surface area (TPSA) is 55.9 Å². The molecule has 27 heavy (non-hydrogen) atoms. The SMILES string of the molecule is CC(NC1CCC(C)(CN)CC1)c1ccc(-n2cnc3ccccc32)cc1. The molecule has 3 N–H and O–H groups in total. The fourth-order valence-electron chi connectivity index (χ4n) is 4.22. The molecule has 1 atom stereocenters. The summed E-state index contributed by atoms with van der Waals surface area (Å²) >= 11 is 0. The largest absolute Gasteiger partial charge is 0.330 e. The maximum atomic E-state index is 5.94. The van der Waals surface area contributed by atoms with Gasteiger partial charge in [-0.05, 0) is 74.4 Å². The number of fused-ring (bicyclic) bond motifs is 1. The molecule has 1 aliphatic carbocycles. The third-order valence-electron chi connectivity index (χ3n) is 6.30. The minimum atomic E-state index is 0.344. The van der Waals surface area contributed by atoms with Gasteiger partial charge in [0.2, 0.25) is 0 Å². The van der Waals surface area contributed by atoms with Gasteiger partial charge in [0, 0.05) is 17.8 Å². The van der Waals surface area contributed by atoms with E-state index in [1.807, 2.05) is 18.5 Å². The molecule has 2 aromatic carbocycles. The number of hydrogen-bond acceptors (Lipinski definition) is 3. The summed E-state index contributed by atoms with van der Waals surface area (Å²) in [4.78, 5) is 4.49. The Morgan fingerprint density at radius 2 is 1.85 bits per heavy atom. The third-order valence-corrected chi connectivity index (χ3v) is 6.30. The zero-order chi connectivity index (χ0) is 18.9. The van der Waals surface area contributed by atoms with E-state index in [4.69, 9.17) is 5.73 Å². The highest BCUT2D eigenvalue weighted by Crippen LogP contribution is 2.35. The number of benzene rings is 2.